The van der Waals surface area contributed by atoms with Crippen LogP contribution in [0.2, 0.25) is 0 Å². The van der Waals surface area contributed by atoms with E-state index >= 15 is 0 Å². The molecule has 4 bridgehead atoms. The van der Waals surface area contributed by atoms with Gasteiger partial charge in [-0.2, -0.15) is 0 Å². The van der Waals surface area contributed by atoms with Gasteiger partial charge in [0.15, 0.2) is 0 Å². The molecule has 4 saturated carbocycles. The third kappa shape index (κ3) is 4.68. The molecule has 2 unspecified atom stereocenters. The first-order valence-electron chi connectivity index (χ1n) is 10.6. The first kappa shape index (κ1) is 20.0. The van der Waals surface area contributed by atoms with Crippen molar-refractivity contribution < 1.29 is 19.1 Å². The van der Waals surface area contributed by atoms with Crippen molar-refractivity contribution in [2.75, 3.05) is 0 Å². The molecule has 0 spiro atoms. The average molecular weight is 401 g/mol. The highest BCUT2D eigenvalue weighted by molar-refractivity contribution is 5.70. The highest BCUT2D eigenvalue weighted by Gasteiger charge is 2.60. The zero-order valence-electron chi connectivity index (χ0n) is 17.6. The van der Waals surface area contributed by atoms with Gasteiger partial charge in [-0.3, -0.25) is 0 Å². The molecule has 0 radical (unpaired) electrons. The van der Waals surface area contributed by atoms with E-state index in [1.807, 2.05) is 51.1 Å². The van der Waals surface area contributed by atoms with E-state index < -0.39 is 5.60 Å². The van der Waals surface area contributed by atoms with Gasteiger partial charge in [0, 0.05) is 17.5 Å². The lowest BCUT2D eigenvalue weighted by Gasteiger charge is -2.60. The fraction of sp³-hybridized carbons (Fsp3) is 0.652. The quantitative estimate of drug-likeness (QED) is 0.779. The summed E-state index contributed by atoms with van der Waals surface area (Å²) in [6.45, 7) is 6.09. The summed E-state index contributed by atoms with van der Waals surface area (Å²) in [4.78, 5) is 25.0. The van der Waals surface area contributed by atoms with Crippen molar-refractivity contribution in [3.05, 3.63) is 35.9 Å². The fourth-order valence-electron chi connectivity index (χ4n) is 5.95. The molecule has 158 valence electrons. The minimum atomic E-state index is -0.480. The van der Waals surface area contributed by atoms with Crippen LogP contribution in [-0.4, -0.2) is 28.9 Å². The van der Waals surface area contributed by atoms with Crippen molar-refractivity contribution in [2.24, 2.45) is 11.8 Å². The zero-order chi connectivity index (χ0) is 20.7. The number of benzene rings is 1. The van der Waals surface area contributed by atoms with Gasteiger partial charge >= 0.3 is 12.2 Å². The summed E-state index contributed by atoms with van der Waals surface area (Å²) in [6.07, 6.45) is 4.75. The molecule has 4 aliphatic rings. The number of carbonyl (C=O) groups is 2. The number of alkyl carbamates (subject to hydrolysis) is 2. The minimum Gasteiger partial charge on any atom is -0.445 e. The van der Waals surface area contributed by atoms with E-state index in [2.05, 4.69) is 10.6 Å². The summed E-state index contributed by atoms with van der Waals surface area (Å²) in [5.74, 6) is 0.959. The molecule has 29 heavy (non-hydrogen) atoms. The van der Waals surface area contributed by atoms with E-state index in [-0.39, 0.29) is 29.9 Å². The van der Waals surface area contributed by atoms with Crippen LogP contribution in [-0.2, 0) is 16.1 Å². The SMILES string of the molecule is CC(C)(C)NC(=O)OC12C[C@@H]3C[C@@H](CC(NC(=O)OCc4ccccc4)(C3)C1)C2. The van der Waals surface area contributed by atoms with Crippen molar-refractivity contribution in [2.45, 2.75) is 82.6 Å². The molecule has 5 rings (SSSR count). The summed E-state index contributed by atoms with van der Waals surface area (Å²) in [5.41, 5.74) is -0.186. The molecule has 1 aromatic carbocycles. The molecule has 4 fully saturated rings. The number of rotatable bonds is 4. The van der Waals surface area contributed by atoms with Gasteiger partial charge in [0.25, 0.3) is 0 Å². The second-order valence-electron chi connectivity index (χ2n) is 10.4. The molecular formula is C23H32N2O4. The smallest absolute Gasteiger partial charge is 0.408 e. The van der Waals surface area contributed by atoms with Gasteiger partial charge < -0.3 is 20.1 Å². The number of amides is 2. The summed E-state index contributed by atoms with van der Waals surface area (Å²) in [5, 5.41) is 6.08. The van der Waals surface area contributed by atoms with E-state index in [9.17, 15) is 9.59 Å². The topological polar surface area (TPSA) is 76.7 Å². The van der Waals surface area contributed by atoms with Crippen LogP contribution >= 0.6 is 0 Å². The monoisotopic (exact) mass is 400 g/mol. The van der Waals surface area contributed by atoms with Gasteiger partial charge in [0.2, 0.25) is 0 Å². The largest absolute Gasteiger partial charge is 0.445 e. The summed E-state index contributed by atoms with van der Waals surface area (Å²) >= 11 is 0. The summed E-state index contributed by atoms with van der Waals surface area (Å²) in [6, 6.07) is 9.68. The standard InChI is InChI=1S/C23H32N2O4/c1-21(2,3)24-20(27)29-23-12-17-9-18(13-23)11-22(10-17,15-23)25-19(26)28-14-16-7-5-4-6-8-16/h4-8,17-18H,9-15H2,1-3H3,(H,24,27)(H,25,26)/t17-,18+,22?,23?. The number of nitrogens with one attached hydrogen (secondary N) is 2. The zero-order valence-corrected chi connectivity index (χ0v) is 17.6. The highest BCUT2D eigenvalue weighted by atomic mass is 16.6. The molecule has 0 aliphatic heterocycles. The molecule has 0 heterocycles. The van der Waals surface area contributed by atoms with Crippen LogP contribution in [0.25, 0.3) is 0 Å². The Kier molecular flexibility index (Phi) is 4.99. The lowest BCUT2D eigenvalue weighted by Crippen LogP contribution is -2.66. The van der Waals surface area contributed by atoms with Crippen molar-refractivity contribution in [3.8, 4) is 0 Å². The first-order valence-corrected chi connectivity index (χ1v) is 10.6. The minimum absolute atomic E-state index is 0.255. The summed E-state index contributed by atoms with van der Waals surface area (Å²) < 4.78 is 11.5. The molecule has 6 heteroatoms. The van der Waals surface area contributed by atoms with Crippen LogP contribution in [0, 0.1) is 11.8 Å². The lowest BCUT2D eigenvalue weighted by atomic mass is 9.51. The van der Waals surface area contributed by atoms with Crippen LogP contribution in [0.3, 0.4) is 0 Å². The summed E-state index contributed by atoms with van der Waals surface area (Å²) in [7, 11) is 0. The van der Waals surface area contributed by atoms with E-state index in [1.165, 1.54) is 0 Å². The second kappa shape index (κ2) is 7.22. The van der Waals surface area contributed by atoms with Crippen molar-refractivity contribution in [1.82, 2.24) is 10.6 Å². The predicted molar refractivity (Wildman–Crippen MR) is 109 cm³/mol. The fourth-order valence-corrected chi connectivity index (χ4v) is 5.95. The van der Waals surface area contributed by atoms with Crippen LogP contribution in [0.1, 0.15) is 64.9 Å². The maximum atomic E-state index is 12.6. The number of ether oxygens (including phenoxy) is 2. The Hall–Kier alpha value is -2.24. The molecule has 4 atom stereocenters. The van der Waals surface area contributed by atoms with Crippen LogP contribution in [0.5, 0.6) is 0 Å². The molecule has 0 saturated heterocycles. The third-order valence-electron chi connectivity index (χ3n) is 6.37. The number of carbonyl (C=O) groups excluding carboxylic acids is 2. The number of hydrogen-bond acceptors (Lipinski definition) is 4. The Morgan fingerprint density at radius 1 is 1.03 bits per heavy atom. The first-order chi connectivity index (χ1) is 13.6. The van der Waals surface area contributed by atoms with E-state index in [0.717, 1.165) is 37.7 Å². The highest BCUT2D eigenvalue weighted by Crippen LogP contribution is 2.59. The van der Waals surface area contributed by atoms with Crippen molar-refractivity contribution >= 4 is 12.2 Å². The van der Waals surface area contributed by atoms with Crippen molar-refractivity contribution in [1.29, 1.82) is 0 Å². The Morgan fingerprint density at radius 3 is 2.31 bits per heavy atom. The second-order valence-corrected chi connectivity index (χ2v) is 10.4. The van der Waals surface area contributed by atoms with Crippen LogP contribution in [0.4, 0.5) is 9.59 Å². The van der Waals surface area contributed by atoms with Gasteiger partial charge in [0.1, 0.15) is 12.2 Å². The van der Waals surface area contributed by atoms with E-state index in [4.69, 9.17) is 9.47 Å². The molecule has 6 nitrogen and oxygen atoms in total. The van der Waals surface area contributed by atoms with E-state index in [1.54, 1.807) is 0 Å². The Labute approximate surface area is 172 Å². The number of hydrogen-bond donors (Lipinski definition) is 2. The van der Waals surface area contributed by atoms with Gasteiger partial charge in [-0.25, -0.2) is 9.59 Å². The van der Waals surface area contributed by atoms with Crippen LogP contribution in [0.15, 0.2) is 30.3 Å². The van der Waals surface area contributed by atoms with Crippen molar-refractivity contribution in [3.63, 3.8) is 0 Å². The normalized spacial score (nSPS) is 32.5. The molecule has 4 aliphatic carbocycles. The molecule has 2 N–H and O–H groups in total. The molecular weight excluding hydrogens is 368 g/mol. The molecule has 0 aromatic heterocycles. The third-order valence-corrected chi connectivity index (χ3v) is 6.37. The van der Waals surface area contributed by atoms with Crippen LogP contribution < -0.4 is 10.6 Å². The lowest BCUT2D eigenvalue weighted by molar-refractivity contribution is -0.143. The average Bonchev–Trinajstić information content (AvgIpc) is 2.57. The van der Waals surface area contributed by atoms with E-state index in [0.29, 0.717) is 18.3 Å². The maximum Gasteiger partial charge on any atom is 0.408 e. The predicted octanol–water partition coefficient (Wildman–Crippen LogP) is 4.53. The van der Waals surface area contributed by atoms with Gasteiger partial charge in [-0.1, -0.05) is 30.3 Å². The Balaban J connectivity index is 1.41. The van der Waals surface area contributed by atoms with Gasteiger partial charge in [0.05, 0.1) is 0 Å². The van der Waals surface area contributed by atoms with Gasteiger partial charge in [-0.05, 0) is 70.3 Å². The molecule has 2 amide bonds. The van der Waals surface area contributed by atoms with Gasteiger partial charge in [-0.15, -0.1) is 0 Å². The molecule has 1 aromatic rings. The Bertz CT molecular complexity index is 757. The Morgan fingerprint density at radius 2 is 1.69 bits per heavy atom. The maximum absolute atomic E-state index is 12.6.